The highest BCUT2D eigenvalue weighted by Crippen LogP contribution is 2.46. The van der Waals surface area contributed by atoms with Gasteiger partial charge in [-0.05, 0) is 32.0 Å². The fourth-order valence-corrected chi connectivity index (χ4v) is 3.59. The zero-order valence-corrected chi connectivity index (χ0v) is 15.9. The largest absolute Gasteiger partial charge is 0.496 e. The van der Waals surface area contributed by atoms with E-state index in [-0.39, 0.29) is 5.88 Å². The first-order valence-electron chi connectivity index (χ1n) is 8.92. The molecule has 0 unspecified atom stereocenters. The van der Waals surface area contributed by atoms with Crippen LogP contribution in [0.4, 0.5) is 0 Å². The number of aryl methyl sites for hydroxylation is 2. The van der Waals surface area contributed by atoms with Gasteiger partial charge >= 0.3 is 0 Å². The van der Waals surface area contributed by atoms with Crippen LogP contribution in [0.25, 0.3) is 5.69 Å². The summed E-state index contributed by atoms with van der Waals surface area (Å²) in [5, 5.41) is 14.5. The lowest BCUT2D eigenvalue weighted by molar-refractivity contribution is 0.364. The predicted octanol–water partition coefficient (Wildman–Crippen LogP) is 3.72. The molecule has 1 aromatic heterocycles. The van der Waals surface area contributed by atoms with Crippen molar-refractivity contribution >= 4 is 0 Å². The van der Waals surface area contributed by atoms with Crippen molar-refractivity contribution in [2.75, 3.05) is 7.11 Å². The molecule has 0 spiro atoms. The number of ether oxygens (including phenoxy) is 2. The van der Waals surface area contributed by atoms with Crippen molar-refractivity contribution in [3.8, 4) is 23.4 Å². The third kappa shape index (κ3) is 2.69. The minimum absolute atomic E-state index is 0.0826. The number of nitrogens with zero attached hydrogens (tertiary/aromatic N) is 3. The summed E-state index contributed by atoms with van der Waals surface area (Å²) in [7, 11) is 1.61. The van der Waals surface area contributed by atoms with E-state index in [1.54, 1.807) is 11.8 Å². The molecule has 28 heavy (non-hydrogen) atoms. The van der Waals surface area contributed by atoms with Crippen LogP contribution >= 0.6 is 0 Å². The smallest absolute Gasteiger partial charge is 0.229 e. The maximum atomic E-state index is 9.79. The summed E-state index contributed by atoms with van der Waals surface area (Å²) in [5.74, 6) is 0.875. The summed E-state index contributed by atoms with van der Waals surface area (Å²) >= 11 is 0. The van der Waals surface area contributed by atoms with Crippen LogP contribution in [0, 0.1) is 25.2 Å². The van der Waals surface area contributed by atoms with Gasteiger partial charge in [0.05, 0.1) is 30.0 Å². The van der Waals surface area contributed by atoms with Crippen LogP contribution in [0.3, 0.4) is 0 Å². The van der Waals surface area contributed by atoms with Gasteiger partial charge in [-0.15, -0.1) is 0 Å². The number of rotatable bonds is 3. The van der Waals surface area contributed by atoms with Gasteiger partial charge in [0.15, 0.2) is 0 Å². The molecule has 0 amide bonds. The standard InChI is InChI=1S/C22H20N4O2/c1-13-8-10-15(11-9-13)26-22-19(14(2)25-26)20(17(12-23)21(24)28-22)16-6-4-5-7-18(16)27-3/h4-11,20H,24H2,1-3H3/t20-/m0/s1. The van der Waals surface area contributed by atoms with Gasteiger partial charge in [0.1, 0.15) is 17.4 Å². The SMILES string of the molecule is COc1ccccc1[C@H]1C(C#N)=C(N)Oc2c1c(C)nn2-c1ccc(C)cc1. The maximum absolute atomic E-state index is 9.79. The van der Waals surface area contributed by atoms with Crippen molar-refractivity contribution < 1.29 is 9.47 Å². The van der Waals surface area contributed by atoms with Crippen LogP contribution in [0.15, 0.2) is 60.0 Å². The molecule has 0 radical (unpaired) electrons. The van der Waals surface area contributed by atoms with E-state index in [9.17, 15) is 5.26 Å². The highest BCUT2D eigenvalue weighted by Gasteiger charge is 2.37. The number of benzene rings is 2. The summed E-state index contributed by atoms with van der Waals surface area (Å²) in [6.45, 7) is 3.94. The van der Waals surface area contributed by atoms with Crippen molar-refractivity contribution in [1.29, 1.82) is 5.26 Å². The Morgan fingerprint density at radius 2 is 1.86 bits per heavy atom. The molecule has 140 valence electrons. The molecular formula is C22H20N4O2. The van der Waals surface area contributed by atoms with Crippen molar-refractivity contribution in [1.82, 2.24) is 9.78 Å². The van der Waals surface area contributed by atoms with Gasteiger partial charge in [0.2, 0.25) is 11.8 Å². The van der Waals surface area contributed by atoms with E-state index in [1.807, 2.05) is 62.4 Å². The Morgan fingerprint density at radius 1 is 1.14 bits per heavy atom. The Kier molecular flexibility index (Phi) is 4.28. The lowest BCUT2D eigenvalue weighted by atomic mass is 9.83. The first-order valence-corrected chi connectivity index (χ1v) is 8.92. The molecule has 0 fully saturated rings. The number of hydrogen-bond donors (Lipinski definition) is 1. The Morgan fingerprint density at radius 3 is 2.54 bits per heavy atom. The zero-order valence-electron chi connectivity index (χ0n) is 15.9. The lowest BCUT2D eigenvalue weighted by Gasteiger charge is -2.26. The average molecular weight is 372 g/mol. The second-order valence-electron chi connectivity index (χ2n) is 6.72. The van der Waals surface area contributed by atoms with Crippen molar-refractivity contribution in [2.24, 2.45) is 5.73 Å². The second kappa shape index (κ2) is 6.78. The Balaban J connectivity index is 1.97. The molecule has 3 aromatic rings. The van der Waals surface area contributed by atoms with Gasteiger partial charge in [0.25, 0.3) is 0 Å². The summed E-state index contributed by atoms with van der Waals surface area (Å²) in [6, 6.07) is 17.8. The summed E-state index contributed by atoms with van der Waals surface area (Å²) in [6.07, 6.45) is 0. The van der Waals surface area contributed by atoms with Crippen molar-refractivity contribution in [3.63, 3.8) is 0 Å². The number of nitriles is 1. The van der Waals surface area contributed by atoms with Crippen LogP contribution in [0.2, 0.25) is 0 Å². The quantitative estimate of drug-likeness (QED) is 0.757. The lowest BCUT2D eigenvalue weighted by Crippen LogP contribution is -2.22. The molecule has 4 rings (SSSR count). The van der Waals surface area contributed by atoms with Gasteiger partial charge in [-0.25, -0.2) is 4.68 Å². The first-order chi connectivity index (χ1) is 13.5. The second-order valence-corrected chi connectivity index (χ2v) is 6.72. The van der Waals surface area contributed by atoms with Crippen LogP contribution in [-0.2, 0) is 0 Å². The Bertz CT molecular complexity index is 1120. The molecule has 0 aliphatic carbocycles. The highest BCUT2D eigenvalue weighted by atomic mass is 16.5. The predicted molar refractivity (Wildman–Crippen MR) is 105 cm³/mol. The third-order valence-corrected chi connectivity index (χ3v) is 4.96. The molecule has 0 saturated carbocycles. The molecule has 0 saturated heterocycles. The van der Waals surface area contributed by atoms with Crippen LogP contribution in [0.1, 0.15) is 28.3 Å². The van der Waals surface area contributed by atoms with Crippen molar-refractivity contribution in [2.45, 2.75) is 19.8 Å². The zero-order chi connectivity index (χ0) is 19.8. The monoisotopic (exact) mass is 372 g/mol. The molecule has 1 aliphatic heterocycles. The summed E-state index contributed by atoms with van der Waals surface area (Å²) in [5.41, 5.74) is 11.0. The van der Waals surface area contributed by atoms with Crippen LogP contribution in [-0.4, -0.2) is 16.9 Å². The number of para-hydroxylation sites is 1. The number of fused-ring (bicyclic) bond motifs is 1. The molecule has 1 aliphatic rings. The van der Waals surface area contributed by atoms with E-state index in [4.69, 9.17) is 15.2 Å². The van der Waals surface area contributed by atoms with Crippen LogP contribution < -0.4 is 15.2 Å². The minimum Gasteiger partial charge on any atom is -0.496 e. The number of nitrogens with two attached hydrogens (primary N) is 1. The molecule has 2 N–H and O–H groups in total. The van der Waals surface area contributed by atoms with E-state index in [0.717, 1.165) is 28.1 Å². The van der Waals surface area contributed by atoms with E-state index in [0.29, 0.717) is 17.2 Å². The van der Waals surface area contributed by atoms with Gasteiger partial charge in [-0.2, -0.15) is 10.4 Å². The first kappa shape index (κ1) is 17.7. The fourth-order valence-electron chi connectivity index (χ4n) is 3.59. The molecular weight excluding hydrogens is 352 g/mol. The normalized spacial score (nSPS) is 15.6. The molecule has 2 heterocycles. The number of aromatic nitrogens is 2. The van der Waals surface area contributed by atoms with E-state index in [1.165, 1.54) is 0 Å². The minimum atomic E-state index is -0.413. The van der Waals surface area contributed by atoms with Gasteiger partial charge in [0, 0.05) is 5.56 Å². The average Bonchev–Trinajstić information content (AvgIpc) is 3.03. The van der Waals surface area contributed by atoms with E-state index >= 15 is 0 Å². The Hall–Kier alpha value is -3.72. The number of hydrogen-bond acceptors (Lipinski definition) is 5. The topological polar surface area (TPSA) is 86.1 Å². The number of methoxy groups -OCH3 is 1. The number of allylic oxidation sites excluding steroid dienone is 1. The maximum Gasteiger partial charge on any atom is 0.229 e. The molecule has 1 atom stereocenters. The fraction of sp³-hybridized carbons (Fsp3) is 0.182. The summed E-state index contributed by atoms with van der Waals surface area (Å²) < 4.78 is 13.2. The van der Waals surface area contributed by atoms with Gasteiger partial charge < -0.3 is 15.2 Å². The molecule has 0 bridgehead atoms. The van der Waals surface area contributed by atoms with Crippen molar-refractivity contribution in [3.05, 3.63) is 82.4 Å². The van der Waals surface area contributed by atoms with E-state index < -0.39 is 5.92 Å². The van der Waals surface area contributed by atoms with Gasteiger partial charge in [-0.1, -0.05) is 35.9 Å². The molecule has 6 nitrogen and oxygen atoms in total. The van der Waals surface area contributed by atoms with Gasteiger partial charge in [-0.3, -0.25) is 0 Å². The van der Waals surface area contributed by atoms with E-state index in [2.05, 4.69) is 11.2 Å². The Labute approximate surface area is 163 Å². The summed E-state index contributed by atoms with van der Waals surface area (Å²) in [4.78, 5) is 0. The third-order valence-electron chi connectivity index (χ3n) is 4.96. The van der Waals surface area contributed by atoms with Crippen LogP contribution in [0.5, 0.6) is 11.6 Å². The molecule has 6 heteroatoms. The molecule has 2 aromatic carbocycles. The highest BCUT2D eigenvalue weighted by molar-refractivity contribution is 5.59.